The molecule has 1 heterocycles. The number of ketones is 1. The zero-order chi connectivity index (χ0) is 21.8. The molecule has 6 heteroatoms. The number of aromatic nitrogens is 3. The number of hydrogen-bond acceptors (Lipinski definition) is 5. The molecule has 0 unspecified atom stereocenters. The fraction of sp³-hybridized carbons (Fsp3) is 0.160. The number of nitrogens with zero attached hydrogens (tertiary/aromatic N) is 3. The maximum absolute atomic E-state index is 13.5. The smallest absolute Gasteiger partial charge is 0.196 e. The number of Topliss-reactive ketones (excluding diaryl/α,β-unsaturated/α-hetero) is 1. The number of rotatable bonds is 7. The molecular weight excluding hydrogens is 406 g/mol. The van der Waals surface area contributed by atoms with Crippen LogP contribution in [0.15, 0.2) is 84.3 Å². The van der Waals surface area contributed by atoms with Crippen molar-refractivity contribution in [1.82, 2.24) is 14.8 Å². The lowest BCUT2D eigenvalue weighted by molar-refractivity contribution is 0.0989. The summed E-state index contributed by atoms with van der Waals surface area (Å²) in [4.78, 5) is 13.5. The van der Waals surface area contributed by atoms with E-state index in [-0.39, 0.29) is 5.78 Å². The normalized spacial score (nSPS) is 11.8. The number of benzene rings is 3. The molecule has 0 spiro atoms. The molecule has 0 bridgehead atoms. The molecule has 3 aromatic carbocycles. The SMILES string of the molecule is COc1ccccc1-n1cnnc1S[C@@H](C(=O)c1ccc(C)cc1)c1ccc(C)cc1. The van der Waals surface area contributed by atoms with Crippen molar-refractivity contribution in [2.75, 3.05) is 7.11 Å². The summed E-state index contributed by atoms with van der Waals surface area (Å²) in [6, 6.07) is 23.4. The second-order valence-corrected chi connectivity index (χ2v) is 8.37. The summed E-state index contributed by atoms with van der Waals surface area (Å²) in [5.74, 6) is 0.740. The number of thioether (sulfide) groups is 1. The third-order valence-electron chi connectivity index (χ3n) is 5.04. The first kappa shape index (κ1) is 20.9. The summed E-state index contributed by atoms with van der Waals surface area (Å²) >= 11 is 1.39. The van der Waals surface area contributed by atoms with Gasteiger partial charge < -0.3 is 4.74 Å². The van der Waals surface area contributed by atoms with E-state index in [2.05, 4.69) is 10.2 Å². The van der Waals surface area contributed by atoms with Crippen LogP contribution in [0.1, 0.15) is 32.3 Å². The van der Waals surface area contributed by atoms with Crippen LogP contribution in [0.3, 0.4) is 0 Å². The molecule has 0 radical (unpaired) electrons. The summed E-state index contributed by atoms with van der Waals surface area (Å²) in [6.07, 6.45) is 1.64. The van der Waals surface area contributed by atoms with Gasteiger partial charge >= 0.3 is 0 Å². The average Bonchev–Trinajstić information content (AvgIpc) is 3.26. The highest BCUT2D eigenvalue weighted by atomic mass is 32.2. The highest BCUT2D eigenvalue weighted by molar-refractivity contribution is 8.00. The number of hydrogen-bond donors (Lipinski definition) is 0. The van der Waals surface area contributed by atoms with Gasteiger partial charge in [-0.15, -0.1) is 10.2 Å². The van der Waals surface area contributed by atoms with E-state index in [0.717, 1.165) is 22.4 Å². The van der Waals surface area contributed by atoms with E-state index in [1.165, 1.54) is 11.8 Å². The van der Waals surface area contributed by atoms with Gasteiger partial charge in [-0.25, -0.2) is 0 Å². The van der Waals surface area contributed by atoms with E-state index < -0.39 is 5.25 Å². The molecule has 4 rings (SSSR count). The number of ether oxygens (including phenoxy) is 1. The second-order valence-electron chi connectivity index (χ2n) is 7.29. The first-order valence-electron chi connectivity index (χ1n) is 9.94. The molecule has 0 aliphatic rings. The Morgan fingerprint density at radius 1 is 0.935 bits per heavy atom. The van der Waals surface area contributed by atoms with Gasteiger partial charge in [0.25, 0.3) is 0 Å². The van der Waals surface area contributed by atoms with Crippen LogP contribution >= 0.6 is 11.8 Å². The summed E-state index contributed by atoms with van der Waals surface area (Å²) in [6.45, 7) is 4.04. The number of methoxy groups -OCH3 is 1. The van der Waals surface area contributed by atoms with E-state index >= 15 is 0 Å². The first-order valence-corrected chi connectivity index (χ1v) is 10.8. The van der Waals surface area contributed by atoms with Gasteiger partial charge in [0.1, 0.15) is 17.3 Å². The minimum Gasteiger partial charge on any atom is -0.495 e. The van der Waals surface area contributed by atoms with E-state index in [9.17, 15) is 4.79 Å². The third-order valence-corrected chi connectivity index (χ3v) is 6.25. The maximum Gasteiger partial charge on any atom is 0.196 e. The van der Waals surface area contributed by atoms with E-state index in [4.69, 9.17) is 4.74 Å². The Bertz CT molecular complexity index is 1180. The van der Waals surface area contributed by atoms with Gasteiger partial charge in [0, 0.05) is 5.56 Å². The molecular formula is C25H23N3O2S. The zero-order valence-corrected chi connectivity index (χ0v) is 18.5. The average molecular weight is 430 g/mol. The van der Waals surface area contributed by atoms with Crippen molar-refractivity contribution in [3.05, 3.63) is 101 Å². The van der Waals surface area contributed by atoms with Crippen molar-refractivity contribution >= 4 is 17.5 Å². The monoisotopic (exact) mass is 429 g/mol. The van der Waals surface area contributed by atoms with Crippen LogP contribution in [-0.4, -0.2) is 27.7 Å². The quantitative estimate of drug-likeness (QED) is 0.282. The molecule has 0 aliphatic carbocycles. The van der Waals surface area contributed by atoms with Crippen molar-refractivity contribution < 1.29 is 9.53 Å². The van der Waals surface area contributed by atoms with Crippen molar-refractivity contribution in [2.24, 2.45) is 0 Å². The van der Waals surface area contributed by atoms with E-state index in [0.29, 0.717) is 16.5 Å². The molecule has 4 aromatic rings. The number of carbonyl (C=O) groups is 1. The Hall–Kier alpha value is -3.38. The van der Waals surface area contributed by atoms with Gasteiger partial charge in [-0.2, -0.15) is 0 Å². The highest BCUT2D eigenvalue weighted by Gasteiger charge is 2.26. The summed E-state index contributed by atoms with van der Waals surface area (Å²) in [5.41, 5.74) is 4.69. The molecule has 0 saturated carbocycles. The van der Waals surface area contributed by atoms with Crippen LogP contribution in [0.25, 0.3) is 5.69 Å². The largest absolute Gasteiger partial charge is 0.495 e. The minimum absolute atomic E-state index is 0.0310. The molecule has 0 fully saturated rings. The molecule has 156 valence electrons. The molecule has 1 aromatic heterocycles. The summed E-state index contributed by atoms with van der Waals surface area (Å²) < 4.78 is 7.36. The van der Waals surface area contributed by atoms with Crippen molar-refractivity contribution in [3.63, 3.8) is 0 Å². The minimum atomic E-state index is -0.457. The van der Waals surface area contributed by atoms with Gasteiger partial charge in [0.15, 0.2) is 10.9 Å². The second kappa shape index (κ2) is 9.18. The van der Waals surface area contributed by atoms with Gasteiger partial charge in [0.05, 0.1) is 12.8 Å². The fourth-order valence-corrected chi connectivity index (χ4v) is 4.39. The van der Waals surface area contributed by atoms with Crippen molar-refractivity contribution in [2.45, 2.75) is 24.3 Å². The first-order chi connectivity index (χ1) is 15.1. The highest BCUT2D eigenvalue weighted by Crippen LogP contribution is 2.38. The van der Waals surface area contributed by atoms with Gasteiger partial charge in [-0.3, -0.25) is 9.36 Å². The third kappa shape index (κ3) is 4.54. The summed E-state index contributed by atoms with van der Waals surface area (Å²) in [5, 5.41) is 8.58. The fourth-order valence-electron chi connectivity index (χ4n) is 3.29. The molecule has 0 saturated heterocycles. The van der Waals surface area contributed by atoms with Crippen LogP contribution in [0.2, 0.25) is 0 Å². The molecule has 0 amide bonds. The predicted octanol–water partition coefficient (Wildman–Crippen LogP) is 5.61. The van der Waals surface area contributed by atoms with Crippen molar-refractivity contribution in [3.8, 4) is 11.4 Å². The van der Waals surface area contributed by atoms with Gasteiger partial charge in [0.2, 0.25) is 0 Å². The van der Waals surface area contributed by atoms with Crippen LogP contribution < -0.4 is 4.74 Å². The standard InChI is InChI=1S/C25H23N3O2S/c1-17-8-12-19(13-9-17)23(29)24(20-14-10-18(2)11-15-20)31-25-27-26-16-28(25)21-6-4-5-7-22(21)30-3/h4-16,24H,1-3H3/t24-/m1/s1. The maximum atomic E-state index is 13.5. The Labute approximate surface area is 186 Å². The lowest BCUT2D eigenvalue weighted by Gasteiger charge is -2.17. The Morgan fingerprint density at radius 2 is 1.58 bits per heavy atom. The molecule has 0 aliphatic heterocycles. The van der Waals surface area contributed by atoms with Gasteiger partial charge in [-0.1, -0.05) is 83.6 Å². The zero-order valence-electron chi connectivity index (χ0n) is 17.6. The van der Waals surface area contributed by atoms with Crippen LogP contribution in [0.4, 0.5) is 0 Å². The van der Waals surface area contributed by atoms with Gasteiger partial charge in [-0.05, 0) is 31.5 Å². The summed E-state index contributed by atoms with van der Waals surface area (Å²) in [7, 11) is 1.63. The number of para-hydroxylation sites is 2. The number of aryl methyl sites for hydroxylation is 2. The van der Waals surface area contributed by atoms with Crippen LogP contribution in [0, 0.1) is 13.8 Å². The lowest BCUT2D eigenvalue weighted by atomic mass is 10.0. The lowest BCUT2D eigenvalue weighted by Crippen LogP contribution is -2.11. The van der Waals surface area contributed by atoms with Crippen LogP contribution in [0.5, 0.6) is 5.75 Å². The molecule has 5 nitrogen and oxygen atoms in total. The molecule has 1 atom stereocenters. The molecule has 31 heavy (non-hydrogen) atoms. The Balaban J connectivity index is 1.74. The Morgan fingerprint density at radius 3 is 2.26 bits per heavy atom. The van der Waals surface area contributed by atoms with E-state index in [1.807, 2.05) is 91.2 Å². The Kier molecular flexibility index (Phi) is 6.18. The number of carbonyl (C=O) groups excluding carboxylic acids is 1. The van der Waals surface area contributed by atoms with Crippen LogP contribution in [-0.2, 0) is 0 Å². The van der Waals surface area contributed by atoms with E-state index in [1.54, 1.807) is 13.4 Å². The molecule has 0 N–H and O–H groups in total. The van der Waals surface area contributed by atoms with Crippen molar-refractivity contribution in [1.29, 1.82) is 0 Å². The topological polar surface area (TPSA) is 57.0 Å². The predicted molar refractivity (Wildman–Crippen MR) is 123 cm³/mol.